The highest BCUT2D eigenvalue weighted by Gasteiger charge is 2.28. The van der Waals surface area contributed by atoms with E-state index < -0.39 is 5.60 Å². The minimum absolute atomic E-state index is 0.0205. The summed E-state index contributed by atoms with van der Waals surface area (Å²) in [5.41, 5.74) is 3.03. The summed E-state index contributed by atoms with van der Waals surface area (Å²) in [6.07, 6.45) is 2.30. The number of hydrogen-bond acceptors (Lipinski definition) is 3. The summed E-state index contributed by atoms with van der Waals surface area (Å²) in [7, 11) is 0. The molecular weight excluding hydrogens is 364 g/mol. The molecule has 1 N–H and O–H groups in total. The molecule has 1 heterocycles. The van der Waals surface area contributed by atoms with Crippen LogP contribution in [0.1, 0.15) is 63.1 Å². The zero-order valence-corrected chi connectivity index (χ0v) is 17.8. The van der Waals surface area contributed by atoms with Crippen LogP contribution in [0.15, 0.2) is 12.1 Å². The first kappa shape index (κ1) is 21.5. The largest absolute Gasteiger partial charge is 0.444 e. The topological polar surface area (TPSA) is 58.6 Å². The normalized spacial score (nSPS) is 15.6. The van der Waals surface area contributed by atoms with Gasteiger partial charge in [0.15, 0.2) is 0 Å². The summed E-state index contributed by atoms with van der Waals surface area (Å²) in [6.45, 7) is 11.1. The number of ether oxygens (including phenoxy) is 1. The first-order valence-electron chi connectivity index (χ1n) is 9.58. The van der Waals surface area contributed by atoms with Gasteiger partial charge in [-0.25, -0.2) is 4.79 Å². The lowest BCUT2D eigenvalue weighted by Crippen LogP contribution is -2.41. The molecule has 1 aliphatic rings. The third-order valence-corrected chi connectivity index (χ3v) is 5.18. The highest BCUT2D eigenvalue weighted by molar-refractivity contribution is 6.31. The van der Waals surface area contributed by atoms with E-state index in [1.807, 2.05) is 27.7 Å². The first-order chi connectivity index (χ1) is 12.6. The number of piperidine rings is 1. The van der Waals surface area contributed by atoms with E-state index >= 15 is 0 Å². The Kier molecular flexibility index (Phi) is 7.15. The Balaban J connectivity index is 2.07. The molecule has 0 spiro atoms. The molecule has 0 aliphatic carbocycles. The molecule has 6 heteroatoms. The molecule has 1 aromatic carbocycles. The average molecular weight is 395 g/mol. The van der Waals surface area contributed by atoms with Gasteiger partial charge in [0.25, 0.3) is 0 Å². The quantitative estimate of drug-likeness (QED) is 0.821. The first-order valence-corrected chi connectivity index (χ1v) is 9.96. The number of rotatable bonds is 4. The van der Waals surface area contributed by atoms with Gasteiger partial charge < -0.3 is 15.0 Å². The summed E-state index contributed by atoms with van der Waals surface area (Å²) >= 11 is 6.39. The third-order valence-electron chi connectivity index (χ3n) is 4.78. The Labute approximate surface area is 167 Å². The predicted octanol–water partition coefficient (Wildman–Crippen LogP) is 4.44. The van der Waals surface area contributed by atoms with Crippen molar-refractivity contribution in [2.75, 3.05) is 19.6 Å². The molecule has 0 atom stereocenters. The van der Waals surface area contributed by atoms with Crippen LogP contribution >= 0.6 is 11.6 Å². The van der Waals surface area contributed by atoms with E-state index in [0.717, 1.165) is 29.8 Å². The second-order valence-electron chi connectivity index (χ2n) is 8.27. The third kappa shape index (κ3) is 6.42. The van der Waals surface area contributed by atoms with E-state index in [-0.39, 0.29) is 12.0 Å². The van der Waals surface area contributed by atoms with Crippen molar-refractivity contribution in [3.05, 3.63) is 33.8 Å². The number of halogens is 1. The number of nitrogens with zero attached hydrogens (tertiary/aromatic N) is 1. The van der Waals surface area contributed by atoms with Crippen LogP contribution in [-0.4, -0.2) is 42.1 Å². The molecule has 0 saturated carbocycles. The molecular formula is C21H31ClN2O3. The number of amides is 2. The molecule has 0 unspecified atom stereocenters. The summed E-state index contributed by atoms with van der Waals surface area (Å²) in [4.78, 5) is 25.2. The van der Waals surface area contributed by atoms with Crippen LogP contribution in [0.3, 0.4) is 0 Å². The zero-order chi connectivity index (χ0) is 20.2. The number of benzene rings is 1. The smallest absolute Gasteiger partial charge is 0.410 e. The summed E-state index contributed by atoms with van der Waals surface area (Å²) < 4.78 is 5.48. The molecule has 0 aromatic heterocycles. The Hall–Kier alpha value is -1.75. The van der Waals surface area contributed by atoms with Gasteiger partial charge in [0.1, 0.15) is 5.60 Å². The minimum atomic E-state index is -0.477. The van der Waals surface area contributed by atoms with Gasteiger partial charge >= 0.3 is 6.09 Å². The Morgan fingerprint density at radius 3 is 2.44 bits per heavy atom. The second kappa shape index (κ2) is 8.96. The van der Waals surface area contributed by atoms with Crippen LogP contribution in [0.25, 0.3) is 0 Å². The van der Waals surface area contributed by atoms with E-state index in [0.29, 0.717) is 25.6 Å². The van der Waals surface area contributed by atoms with E-state index in [4.69, 9.17) is 16.3 Å². The molecule has 1 aliphatic heterocycles. The highest BCUT2D eigenvalue weighted by Crippen LogP contribution is 2.34. The lowest BCUT2D eigenvalue weighted by molar-refractivity contribution is -0.118. The maximum absolute atomic E-state index is 12.3. The molecule has 2 rings (SSSR count). The van der Waals surface area contributed by atoms with Gasteiger partial charge in [0, 0.05) is 31.6 Å². The summed E-state index contributed by atoms with van der Waals surface area (Å²) in [5.74, 6) is 0.335. The fourth-order valence-electron chi connectivity index (χ4n) is 3.43. The van der Waals surface area contributed by atoms with Crippen molar-refractivity contribution < 1.29 is 14.3 Å². The van der Waals surface area contributed by atoms with Crippen LogP contribution in [0.4, 0.5) is 4.79 Å². The monoisotopic (exact) mass is 394 g/mol. The molecule has 0 radical (unpaired) electrons. The van der Waals surface area contributed by atoms with Crippen molar-refractivity contribution in [3.63, 3.8) is 0 Å². The number of carbonyl (C=O) groups excluding carboxylic acids is 2. The van der Waals surface area contributed by atoms with Crippen LogP contribution in [0.5, 0.6) is 0 Å². The minimum Gasteiger partial charge on any atom is -0.444 e. The molecule has 150 valence electrons. The maximum atomic E-state index is 12.3. The lowest BCUT2D eigenvalue weighted by atomic mass is 9.85. The number of hydrogen-bond donors (Lipinski definition) is 1. The molecule has 27 heavy (non-hydrogen) atoms. The van der Waals surface area contributed by atoms with Crippen LogP contribution in [-0.2, 0) is 16.0 Å². The molecule has 1 fully saturated rings. The van der Waals surface area contributed by atoms with Crippen molar-refractivity contribution in [2.24, 2.45) is 0 Å². The number of aryl methyl sites for hydroxylation is 1. The molecule has 0 bridgehead atoms. The van der Waals surface area contributed by atoms with Gasteiger partial charge in [-0.1, -0.05) is 17.7 Å². The Morgan fingerprint density at radius 1 is 1.26 bits per heavy atom. The van der Waals surface area contributed by atoms with Crippen molar-refractivity contribution in [2.45, 2.75) is 65.4 Å². The van der Waals surface area contributed by atoms with Crippen LogP contribution in [0.2, 0.25) is 5.02 Å². The van der Waals surface area contributed by atoms with Crippen molar-refractivity contribution in [1.29, 1.82) is 0 Å². The zero-order valence-electron chi connectivity index (χ0n) is 17.0. The average Bonchev–Trinajstić information content (AvgIpc) is 2.56. The van der Waals surface area contributed by atoms with Gasteiger partial charge in [0.2, 0.25) is 5.91 Å². The SMILES string of the molecule is CC(=O)NCCc1cc(C)c(Cl)cc1C1CCN(C(=O)OC(C)(C)C)CC1. The van der Waals surface area contributed by atoms with Crippen LogP contribution < -0.4 is 5.32 Å². The van der Waals surface area contributed by atoms with Gasteiger partial charge in [-0.3, -0.25) is 4.79 Å². The van der Waals surface area contributed by atoms with Crippen LogP contribution in [0, 0.1) is 6.92 Å². The second-order valence-corrected chi connectivity index (χ2v) is 8.68. The summed E-state index contributed by atoms with van der Waals surface area (Å²) in [5, 5.41) is 3.63. The lowest BCUT2D eigenvalue weighted by Gasteiger charge is -2.34. The molecule has 1 aromatic rings. The fraction of sp³-hybridized carbons (Fsp3) is 0.619. The molecule has 5 nitrogen and oxygen atoms in total. The van der Waals surface area contributed by atoms with Gasteiger partial charge in [-0.2, -0.15) is 0 Å². The molecule has 1 saturated heterocycles. The maximum Gasteiger partial charge on any atom is 0.410 e. The predicted molar refractivity (Wildman–Crippen MR) is 108 cm³/mol. The van der Waals surface area contributed by atoms with Crippen molar-refractivity contribution >= 4 is 23.6 Å². The van der Waals surface area contributed by atoms with E-state index in [9.17, 15) is 9.59 Å². The van der Waals surface area contributed by atoms with E-state index in [1.165, 1.54) is 18.1 Å². The van der Waals surface area contributed by atoms with E-state index in [1.54, 1.807) is 4.90 Å². The number of carbonyl (C=O) groups is 2. The Bertz CT molecular complexity index is 689. The molecule has 2 amide bonds. The standard InChI is InChI=1S/C21H31ClN2O3/c1-14-12-17(6-9-23-15(2)25)18(13-19(14)22)16-7-10-24(11-8-16)20(26)27-21(3,4)5/h12-13,16H,6-11H2,1-5H3,(H,23,25). The van der Waals surface area contributed by atoms with Crippen molar-refractivity contribution in [1.82, 2.24) is 10.2 Å². The number of nitrogens with one attached hydrogen (secondary N) is 1. The van der Waals surface area contributed by atoms with Crippen molar-refractivity contribution in [3.8, 4) is 0 Å². The van der Waals surface area contributed by atoms with E-state index in [2.05, 4.69) is 17.4 Å². The summed E-state index contributed by atoms with van der Waals surface area (Å²) in [6, 6.07) is 4.19. The van der Waals surface area contributed by atoms with Gasteiger partial charge in [-0.05, 0) is 75.6 Å². The fourth-order valence-corrected chi connectivity index (χ4v) is 3.60. The highest BCUT2D eigenvalue weighted by atomic mass is 35.5. The van der Waals surface area contributed by atoms with Gasteiger partial charge in [0.05, 0.1) is 0 Å². The Morgan fingerprint density at radius 2 is 1.89 bits per heavy atom. The number of likely N-dealkylation sites (tertiary alicyclic amines) is 1. The van der Waals surface area contributed by atoms with Gasteiger partial charge in [-0.15, -0.1) is 0 Å².